The fraction of sp³-hybridized carbons (Fsp3) is 0.167. The highest BCUT2D eigenvalue weighted by atomic mass is 16.2. The highest BCUT2D eigenvalue weighted by molar-refractivity contribution is 5.98. The summed E-state index contributed by atoms with van der Waals surface area (Å²) in [6, 6.07) is 14.0. The molecule has 0 aliphatic heterocycles. The van der Waals surface area contributed by atoms with Crippen molar-refractivity contribution in [3.8, 4) is 0 Å². The zero-order valence-corrected chi connectivity index (χ0v) is 13.6. The number of nitrogens with one attached hydrogen (secondary N) is 3. The minimum atomic E-state index is -0.516. The summed E-state index contributed by atoms with van der Waals surface area (Å²) in [5, 5.41) is 2.48. The summed E-state index contributed by atoms with van der Waals surface area (Å²) in [6.07, 6.45) is 0. The number of rotatable bonds is 4. The number of benzene rings is 2. The molecule has 0 saturated heterocycles. The summed E-state index contributed by atoms with van der Waals surface area (Å²) in [7, 11) is 0. The maximum atomic E-state index is 12.0. The minimum Gasteiger partial charge on any atom is -0.343 e. The summed E-state index contributed by atoms with van der Waals surface area (Å²) >= 11 is 0. The van der Waals surface area contributed by atoms with Gasteiger partial charge in [0.05, 0.1) is 6.54 Å². The molecule has 24 heavy (non-hydrogen) atoms. The molecular weight excluding hydrogens is 306 g/mol. The first-order chi connectivity index (χ1) is 11.5. The van der Waals surface area contributed by atoms with Crippen molar-refractivity contribution in [3.63, 3.8) is 0 Å². The molecule has 0 atom stereocenters. The average molecular weight is 325 g/mol. The molecule has 0 bridgehead atoms. The van der Waals surface area contributed by atoms with Crippen molar-refractivity contribution in [2.75, 3.05) is 6.54 Å². The molecule has 0 spiro atoms. The highest BCUT2D eigenvalue weighted by Crippen LogP contribution is 2.09. The lowest BCUT2D eigenvalue weighted by Crippen LogP contribution is -2.46. The van der Waals surface area contributed by atoms with Crippen LogP contribution in [0.15, 0.2) is 48.5 Å². The van der Waals surface area contributed by atoms with E-state index >= 15 is 0 Å². The van der Waals surface area contributed by atoms with Gasteiger partial charge in [-0.05, 0) is 37.6 Å². The van der Waals surface area contributed by atoms with Crippen LogP contribution in [0.5, 0.6) is 0 Å². The second kappa shape index (κ2) is 7.92. The van der Waals surface area contributed by atoms with E-state index < -0.39 is 11.8 Å². The molecule has 0 fully saturated rings. The largest absolute Gasteiger partial charge is 0.343 e. The van der Waals surface area contributed by atoms with Gasteiger partial charge >= 0.3 is 0 Å². The molecule has 0 aliphatic carbocycles. The van der Waals surface area contributed by atoms with E-state index in [1.54, 1.807) is 36.4 Å². The van der Waals surface area contributed by atoms with Crippen LogP contribution < -0.4 is 16.2 Å². The van der Waals surface area contributed by atoms with Crippen molar-refractivity contribution in [1.29, 1.82) is 0 Å². The van der Waals surface area contributed by atoms with Gasteiger partial charge in [0.25, 0.3) is 17.7 Å². The Morgan fingerprint density at radius 2 is 1.58 bits per heavy atom. The van der Waals surface area contributed by atoms with E-state index in [2.05, 4.69) is 16.2 Å². The smallest absolute Gasteiger partial charge is 0.269 e. The normalized spacial score (nSPS) is 9.92. The standard InChI is InChI=1S/C18H19N3O3/c1-12-8-9-15(13(2)10-12)18(24)21-20-16(22)11-19-17(23)14-6-4-3-5-7-14/h3-10H,11H2,1-2H3,(H,19,23)(H,20,22)(H,21,24). The van der Waals surface area contributed by atoms with Gasteiger partial charge in [-0.3, -0.25) is 25.2 Å². The third-order valence-electron chi connectivity index (χ3n) is 3.39. The Hall–Kier alpha value is -3.15. The fourth-order valence-electron chi connectivity index (χ4n) is 2.16. The summed E-state index contributed by atoms with van der Waals surface area (Å²) < 4.78 is 0. The third kappa shape index (κ3) is 4.67. The highest BCUT2D eigenvalue weighted by Gasteiger charge is 2.11. The molecule has 6 heteroatoms. The first kappa shape index (κ1) is 17.2. The van der Waals surface area contributed by atoms with Crippen LogP contribution in [0.2, 0.25) is 0 Å². The Morgan fingerprint density at radius 1 is 0.875 bits per heavy atom. The van der Waals surface area contributed by atoms with Crippen molar-refractivity contribution in [3.05, 3.63) is 70.8 Å². The van der Waals surface area contributed by atoms with Gasteiger partial charge in [0, 0.05) is 11.1 Å². The topological polar surface area (TPSA) is 87.3 Å². The van der Waals surface area contributed by atoms with Gasteiger partial charge in [0.15, 0.2) is 0 Å². The molecule has 124 valence electrons. The Bertz CT molecular complexity index is 757. The fourth-order valence-corrected chi connectivity index (χ4v) is 2.16. The number of carbonyl (C=O) groups is 3. The van der Waals surface area contributed by atoms with Crippen molar-refractivity contribution < 1.29 is 14.4 Å². The van der Waals surface area contributed by atoms with Gasteiger partial charge in [-0.2, -0.15) is 0 Å². The molecule has 0 aliphatic rings. The number of hydrogen-bond donors (Lipinski definition) is 3. The van der Waals surface area contributed by atoms with Gasteiger partial charge in [-0.1, -0.05) is 35.9 Å². The zero-order valence-electron chi connectivity index (χ0n) is 13.6. The predicted molar refractivity (Wildman–Crippen MR) is 90.3 cm³/mol. The molecule has 0 radical (unpaired) electrons. The van der Waals surface area contributed by atoms with Crippen LogP contribution in [0, 0.1) is 13.8 Å². The molecule has 0 heterocycles. The van der Waals surface area contributed by atoms with E-state index in [4.69, 9.17) is 0 Å². The van der Waals surface area contributed by atoms with Crippen LogP contribution in [0.4, 0.5) is 0 Å². The molecule has 3 N–H and O–H groups in total. The first-order valence-electron chi connectivity index (χ1n) is 7.47. The molecule has 2 aromatic carbocycles. The lowest BCUT2D eigenvalue weighted by Gasteiger charge is -2.10. The van der Waals surface area contributed by atoms with Crippen molar-refractivity contribution >= 4 is 17.7 Å². The molecular formula is C18H19N3O3. The van der Waals surface area contributed by atoms with Crippen molar-refractivity contribution in [1.82, 2.24) is 16.2 Å². The van der Waals surface area contributed by atoms with Crippen molar-refractivity contribution in [2.45, 2.75) is 13.8 Å². The molecule has 2 rings (SSSR count). The number of carbonyl (C=O) groups excluding carboxylic acids is 3. The number of hydrogen-bond acceptors (Lipinski definition) is 3. The Balaban J connectivity index is 1.80. The Morgan fingerprint density at radius 3 is 2.25 bits per heavy atom. The molecule has 0 unspecified atom stereocenters. The maximum absolute atomic E-state index is 12.0. The summed E-state index contributed by atoms with van der Waals surface area (Å²) in [5.41, 5.74) is 7.42. The lowest BCUT2D eigenvalue weighted by atomic mass is 10.1. The maximum Gasteiger partial charge on any atom is 0.269 e. The van der Waals surface area contributed by atoms with Gasteiger partial charge in [0.1, 0.15) is 0 Å². The van der Waals surface area contributed by atoms with Gasteiger partial charge < -0.3 is 5.32 Å². The van der Waals surface area contributed by atoms with E-state index in [9.17, 15) is 14.4 Å². The van der Waals surface area contributed by atoms with Gasteiger partial charge in [-0.15, -0.1) is 0 Å². The predicted octanol–water partition coefficient (Wildman–Crippen LogP) is 1.49. The van der Waals surface area contributed by atoms with E-state index in [1.807, 2.05) is 26.0 Å². The third-order valence-corrected chi connectivity index (χ3v) is 3.39. The molecule has 0 saturated carbocycles. The zero-order chi connectivity index (χ0) is 17.5. The molecule has 6 nitrogen and oxygen atoms in total. The second-order valence-electron chi connectivity index (χ2n) is 5.37. The molecule has 3 amide bonds. The second-order valence-corrected chi connectivity index (χ2v) is 5.37. The summed E-state index contributed by atoms with van der Waals surface area (Å²) in [4.78, 5) is 35.5. The van der Waals surface area contributed by atoms with Crippen LogP contribution in [0.1, 0.15) is 31.8 Å². The first-order valence-corrected chi connectivity index (χ1v) is 7.47. The summed E-state index contributed by atoms with van der Waals surface area (Å²) in [6.45, 7) is 3.52. The van der Waals surface area contributed by atoms with Crippen LogP contribution >= 0.6 is 0 Å². The van der Waals surface area contributed by atoms with Crippen molar-refractivity contribution in [2.24, 2.45) is 0 Å². The van der Waals surface area contributed by atoms with E-state index in [0.29, 0.717) is 11.1 Å². The lowest BCUT2D eigenvalue weighted by molar-refractivity contribution is -0.120. The van der Waals surface area contributed by atoms with Crippen LogP contribution in [0.25, 0.3) is 0 Å². The quantitative estimate of drug-likeness (QED) is 0.744. The van der Waals surface area contributed by atoms with Crippen LogP contribution in [-0.2, 0) is 4.79 Å². The van der Waals surface area contributed by atoms with E-state index in [1.165, 1.54) is 0 Å². The van der Waals surface area contributed by atoms with Gasteiger partial charge in [0.2, 0.25) is 0 Å². The Labute approximate surface area is 140 Å². The molecule has 0 aromatic heterocycles. The minimum absolute atomic E-state index is 0.235. The van der Waals surface area contributed by atoms with E-state index in [-0.39, 0.29) is 12.5 Å². The average Bonchev–Trinajstić information content (AvgIpc) is 2.58. The number of amides is 3. The summed E-state index contributed by atoms with van der Waals surface area (Å²) in [5.74, 6) is -1.28. The van der Waals surface area contributed by atoms with E-state index in [0.717, 1.165) is 11.1 Å². The van der Waals surface area contributed by atoms with Crippen LogP contribution in [-0.4, -0.2) is 24.3 Å². The Kier molecular flexibility index (Phi) is 5.68. The number of hydrazine groups is 1. The SMILES string of the molecule is Cc1ccc(C(=O)NNC(=O)CNC(=O)c2ccccc2)c(C)c1. The number of aryl methyl sites for hydroxylation is 2. The van der Waals surface area contributed by atoms with Gasteiger partial charge in [-0.25, -0.2) is 0 Å². The van der Waals surface area contributed by atoms with Crippen LogP contribution in [0.3, 0.4) is 0 Å². The molecule has 2 aromatic rings. The monoisotopic (exact) mass is 325 g/mol.